The van der Waals surface area contributed by atoms with Gasteiger partial charge in [0.15, 0.2) is 5.13 Å². The van der Waals surface area contributed by atoms with E-state index in [4.69, 9.17) is 4.74 Å². The molecule has 0 bridgehead atoms. The molecule has 6 nitrogen and oxygen atoms in total. The number of rotatable bonds is 6. The van der Waals surface area contributed by atoms with Crippen LogP contribution in [0.3, 0.4) is 0 Å². The molecule has 0 saturated carbocycles. The van der Waals surface area contributed by atoms with E-state index < -0.39 is 0 Å². The normalized spacial score (nSPS) is 10.9. The topological polar surface area (TPSA) is 77.0 Å². The fourth-order valence-corrected chi connectivity index (χ4v) is 4.15. The smallest absolute Gasteiger partial charge is 0.257 e. The molecule has 0 radical (unpaired) electrons. The van der Waals surface area contributed by atoms with Crippen LogP contribution in [0.5, 0.6) is 5.75 Å². The summed E-state index contributed by atoms with van der Waals surface area (Å²) < 4.78 is 15.2. The van der Waals surface area contributed by atoms with Crippen LogP contribution >= 0.6 is 23.1 Å². The number of amides is 1. The van der Waals surface area contributed by atoms with Crippen molar-refractivity contribution in [2.75, 3.05) is 5.32 Å². The first-order valence-corrected chi connectivity index (χ1v) is 10.4. The highest BCUT2D eigenvalue weighted by Gasteiger charge is 2.12. The van der Waals surface area contributed by atoms with Crippen molar-refractivity contribution in [3.8, 4) is 5.75 Å². The first-order chi connectivity index (χ1) is 13.6. The number of hydrogen-bond acceptors (Lipinski definition) is 7. The summed E-state index contributed by atoms with van der Waals surface area (Å²) in [5.41, 5.74) is 4.33. The van der Waals surface area contributed by atoms with Gasteiger partial charge in [-0.2, -0.15) is 8.75 Å². The molecule has 0 aliphatic rings. The Labute approximate surface area is 170 Å². The van der Waals surface area contributed by atoms with Crippen LogP contribution in [-0.4, -0.2) is 19.6 Å². The molecule has 0 unspecified atom stereocenters. The number of carbonyl (C=O) groups excluding carboxylic acids is 1. The van der Waals surface area contributed by atoms with E-state index >= 15 is 0 Å². The van der Waals surface area contributed by atoms with Crippen molar-refractivity contribution in [3.63, 3.8) is 0 Å². The van der Waals surface area contributed by atoms with Gasteiger partial charge in [-0.15, -0.1) is 0 Å². The number of aromatic nitrogens is 3. The van der Waals surface area contributed by atoms with Crippen LogP contribution in [0.2, 0.25) is 0 Å². The molecule has 1 amide bonds. The zero-order chi connectivity index (χ0) is 19.5. The van der Waals surface area contributed by atoms with Crippen molar-refractivity contribution in [3.05, 3.63) is 65.0 Å². The van der Waals surface area contributed by atoms with Crippen LogP contribution in [0.1, 0.15) is 34.2 Å². The summed E-state index contributed by atoms with van der Waals surface area (Å²) in [6.07, 6.45) is 0.971. The molecule has 2 heterocycles. The third kappa shape index (κ3) is 4.02. The molecule has 0 fully saturated rings. The van der Waals surface area contributed by atoms with Crippen LogP contribution in [0.4, 0.5) is 5.13 Å². The van der Waals surface area contributed by atoms with Gasteiger partial charge < -0.3 is 4.74 Å². The van der Waals surface area contributed by atoms with E-state index in [1.807, 2.05) is 19.1 Å². The van der Waals surface area contributed by atoms with Gasteiger partial charge in [-0.3, -0.25) is 10.1 Å². The zero-order valence-electron chi connectivity index (χ0n) is 15.4. The molecule has 4 aromatic rings. The molecule has 1 N–H and O–H groups in total. The standard InChI is InChI=1S/C20H18N4O2S2/c1-3-13-7-8-16-18(9-13)27-20(21-16)22-19(25)14-5-4-6-15(10-14)26-11-17-12(2)23-28-24-17/h4-10H,3,11H2,1-2H3,(H,21,22,25). The quantitative estimate of drug-likeness (QED) is 0.492. The van der Waals surface area contributed by atoms with Crippen molar-refractivity contribution >= 4 is 44.3 Å². The molecule has 2 aromatic heterocycles. The Bertz CT molecular complexity index is 1140. The lowest BCUT2D eigenvalue weighted by Crippen LogP contribution is -2.11. The maximum atomic E-state index is 12.6. The first kappa shape index (κ1) is 18.5. The van der Waals surface area contributed by atoms with Gasteiger partial charge in [-0.25, -0.2) is 4.98 Å². The number of aryl methyl sites for hydroxylation is 2. The summed E-state index contributed by atoms with van der Waals surface area (Å²) >= 11 is 2.64. The molecule has 28 heavy (non-hydrogen) atoms. The largest absolute Gasteiger partial charge is 0.487 e. The minimum atomic E-state index is -0.216. The number of fused-ring (bicyclic) bond motifs is 1. The monoisotopic (exact) mass is 410 g/mol. The predicted molar refractivity (Wildman–Crippen MR) is 112 cm³/mol. The van der Waals surface area contributed by atoms with Crippen molar-refractivity contribution < 1.29 is 9.53 Å². The summed E-state index contributed by atoms with van der Waals surface area (Å²) in [6, 6.07) is 13.2. The first-order valence-electron chi connectivity index (χ1n) is 8.84. The number of benzene rings is 2. The van der Waals surface area contributed by atoms with Crippen molar-refractivity contribution in [1.82, 2.24) is 13.7 Å². The highest BCUT2D eigenvalue weighted by Crippen LogP contribution is 2.27. The number of ether oxygens (including phenoxy) is 1. The Balaban J connectivity index is 1.46. The molecule has 4 rings (SSSR count). The van der Waals surface area contributed by atoms with E-state index in [9.17, 15) is 4.79 Å². The number of nitrogens with one attached hydrogen (secondary N) is 1. The highest BCUT2D eigenvalue weighted by atomic mass is 32.1. The number of carbonyl (C=O) groups is 1. The summed E-state index contributed by atoms with van der Waals surface area (Å²) in [5, 5.41) is 3.47. The van der Waals surface area contributed by atoms with Crippen molar-refractivity contribution in [2.45, 2.75) is 26.9 Å². The fraction of sp³-hybridized carbons (Fsp3) is 0.200. The van der Waals surface area contributed by atoms with Gasteiger partial charge in [-0.05, 0) is 49.2 Å². The second kappa shape index (κ2) is 8.04. The second-order valence-electron chi connectivity index (χ2n) is 6.24. The minimum Gasteiger partial charge on any atom is -0.487 e. The van der Waals surface area contributed by atoms with Crippen LogP contribution in [-0.2, 0) is 13.0 Å². The lowest BCUT2D eigenvalue weighted by Gasteiger charge is -2.07. The molecule has 0 atom stereocenters. The Hall–Kier alpha value is -2.84. The molecule has 0 spiro atoms. The Morgan fingerprint density at radius 1 is 1.18 bits per heavy atom. The maximum Gasteiger partial charge on any atom is 0.257 e. The van der Waals surface area contributed by atoms with Gasteiger partial charge >= 0.3 is 0 Å². The summed E-state index contributed by atoms with van der Waals surface area (Å²) in [4.78, 5) is 17.1. The maximum absolute atomic E-state index is 12.6. The molecule has 2 aromatic carbocycles. The van der Waals surface area contributed by atoms with Gasteiger partial charge in [0.05, 0.1) is 27.6 Å². The lowest BCUT2D eigenvalue weighted by molar-refractivity contribution is 0.102. The predicted octanol–water partition coefficient (Wildman–Crippen LogP) is 4.85. The molecule has 142 valence electrons. The number of nitrogens with zero attached hydrogens (tertiary/aromatic N) is 3. The Kier molecular flexibility index (Phi) is 5.31. The van der Waals surface area contributed by atoms with Crippen molar-refractivity contribution in [2.24, 2.45) is 0 Å². The van der Waals surface area contributed by atoms with Crippen LogP contribution in [0.15, 0.2) is 42.5 Å². The van der Waals surface area contributed by atoms with Crippen LogP contribution < -0.4 is 10.1 Å². The van der Waals surface area contributed by atoms with Crippen molar-refractivity contribution in [1.29, 1.82) is 0 Å². The molecule has 0 aliphatic heterocycles. The average Bonchev–Trinajstić information content (AvgIpc) is 3.30. The van der Waals surface area contributed by atoms with Gasteiger partial charge in [0, 0.05) is 5.56 Å². The molecular weight excluding hydrogens is 392 g/mol. The average molecular weight is 411 g/mol. The number of thiazole rings is 1. The summed E-state index contributed by atoms with van der Waals surface area (Å²) in [7, 11) is 0. The number of hydrogen-bond donors (Lipinski definition) is 1. The third-order valence-electron chi connectivity index (χ3n) is 4.30. The Morgan fingerprint density at radius 3 is 2.86 bits per heavy atom. The Morgan fingerprint density at radius 2 is 2.07 bits per heavy atom. The van der Waals surface area contributed by atoms with E-state index in [1.54, 1.807) is 18.2 Å². The van der Waals surface area contributed by atoms with Crippen LogP contribution in [0.25, 0.3) is 10.2 Å². The number of anilines is 1. The van der Waals surface area contributed by atoms with E-state index in [0.29, 0.717) is 23.1 Å². The van der Waals surface area contributed by atoms with E-state index in [0.717, 1.165) is 39.8 Å². The highest BCUT2D eigenvalue weighted by molar-refractivity contribution is 7.22. The van der Waals surface area contributed by atoms with E-state index in [2.05, 4.69) is 38.1 Å². The lowest BCUT2D eigenvalue weighted by atomic mass is 10.2. The van der Waals surface area contributed by atoms with Crippen LogP contribution in [0, 0.1) is 6.92 Å². The molecule has 8 heteroatoms. The molecule has 0 aliphatic carbocycles. The fourth-order valence-electron chi connectivity index (χ4n) is 2.67. The van der Waals surface area contributed by atoms with E-state index in [1.165, 1.54) is 16.9 Å². The SMILES string of the molecule is CCc1ccc2nc(NC(=O)c3cccc(OCc4nsnc4C)c3)sc2c1. The molecular formula is C20H18N4O2S2. The minimum absolute atomic E-state index is 0.216. The van der Waals surface area contributed by atoms with Gasteiger partial charge in [0.2, 0.25) is 0 Å². The van der Waals surface area contributed by atoms with E-state index in [-0.39, 0.29) is 5.91 Å². The third-order valence-corrected chi connectivity index (χ3v) is 5.89. The zero-order valence-corrected chi connectivity index (χ0v) is 17.1. The second-order valence-corrected chi connectivity index (χ2v) is 7.80. The van der Waals surface area contributed by atoms with Gasteiger partial charge in [-0.1, -0.05) is 30.4 Å². The molecule has 0 saturated heterocycles. The summed E-state index contributed by atoms with van der Waals surface area (Å²) in [5.74, 6) is 0.392. The van der Waals surface area contributed by atoms with Gasteiger partial charge in [0.25, 0.3) is 5.91 Å². The van der Waals surface area contributed by atoms with Gasteiger partial charge in [0.1, 0.15) is 18.1 Å². The summed E-state index contributed by atoms with van der Waals surface area (Å²) in [6.45, 7) is 4.34.